The molecule has 1 heterocycles. The Morgan fingerprint density at radius 1 is 1.33 bits per heavy atom. The van der Waals surface area contributed by atoms with E-state index in [-0.39, 0.29) is 23.0 Å². The van der Waals surface area contributed by atoms with Gasteiger partial charge in [-0.2, -0.15) is 0 Å². The summed E-state index contributed by atoms with van der Waals surface area (Å²) < 4.78 is 0. The fourth-order valence-corrected chi connectivity index (χ4v) is 3.98. The first kappa shape index (κ1) is 21.7. The molecule has 2 N–H and O–H groups in total. The molecule has 4 heteroatoms. The molecule has 0 spiro atoms. The molecule has 2 atom stereocenters. The number of unbranched alkanes of at least 4 members (excludes halogenated alkanes) is 3. The van der Waals surface area contributed by atoms with Gasteiger partial charge in [0.05, 0.1) is 5.69 Å². The summed E-state index contributed by atoms with van der Waals surface area (Å²) >= 11 is 0. The summed E-state index contributed by atoms with van der Waals surface area (Å²) in [6, 6.07) is 5.77. The van der Waals surface area contributed by atoms with Crippen LogP contribution in [0.15, 0.2) is 18.2 Å². The Morgan fingerprint density at radius 2 is 2.07 bits per heavy atom. The number of hydrogen-bond acceptors (Lipinski definition) is 3. The van der Waals surface area contributed by atoms with E-state index in [0.717, 1.165) is 19.5 Å². The van der Waals surface area contributed by atoms with Gasteiger partial charge in [0.1, 0.15) is 5.75 Å². The number of phenolic OH excluding ortho intramolecular Hbond substituents is 1. The van der Waals surface area contributed by atoms with Gasteiger partial charge in [-0.25, -0.2) is 0 Å². The molecule has 1 fully saturated rings. The molecule has 0 saturated carbocycles. The van der Waals surface area contributed by atoms with Gasteiger partial charge in [-0.3, -0.25) is 4.79 Å². The molecule has 1 saturated heterocycles. The molecule has 0 aliphatic carbocycles. The molecule has 1 aliphatic rings. The van der Waals surface area contributed by atoms with Crippen molar-refractivity contribution in [3.05, 3.63) is 23.8 Å². The van der Waals surface area contributed by atoms with Crippen LogP contribution in [0, 0.1) is 11.8 Å². The zero-order valence-electron chi connectivity index (χ0n) is 17.8. The molecule has 0 aromatic heterocycles. The van der Waals surface area contributed by atoms with Crippen molar-refractivity contribution < 1.29 is 9.90 Å². The molecule has 0 radical (unpaired) electrons. The van der Waals surface area contributed by atoms with Gasteiger partial charge in [0.25, 0.3) is 0 Å². The Balaban J connectivity index is 2.02. The first-order valence-corrected chi connectivity index (χ1v) is 10.6. The highest BCUT2D eigenvalue weighted by Gasteiger charge is 2.38. The second kappa shape index (κ2) is 9.59. The van der Waals surface area contributed by atoms with E-state index >= 15 is 0 Å². The van der Waals surface area contributed by atoms with E-state index in [1.807, 2.05) is 26.0 Å². The summed E-state index contributed by atoms with van der Waals surface area (Å²) in [5, 5.41) is 13.3. The predicted octanol–water partition coefficient (Wildman–Crippen LogP) is 5.17. The predicted molar refractivity (Wildman–Crippen MR) is 113 cm³/mol. The Hall–Kier alpha value is -1.55. The van der Waals surface area contributed by atoms with E-state index in [2.05, 4.69) is 37.1 Å². The summed E-state index contributed by atoms with van der Waals surface area (Å²) in [6.45, 7) is 14.0. The molecule has 0 unspecified atom stereocenters. The average molecular weight is 375 g/mol. The Labute approximate surface area is 165 Å². The van der Waals surface area contributed by atoms with E-state index in [0.29, 0.717) is 11.6 Å². The maximum Gasteiger partial charge on any atom is 0.227 e. The van der Waals surface area contributed by atoms with Gasteiger partial charge >= 0.3 is 0 Å². The third kappa shape index (κ3) is 5.47. The number of phenols is 1. The third-order valence-corrected chi connectivity index (χ3v) is 6.33. The van der Waals surface area contributed by atoms with Gasteiger partial charge in [-0.1, -0.05) is 59.9 Å². The van der Waals surface area contributed by atoms with E-state index in [1.165, 1.54) is 37.8 Å². The number of nitrogens with one attached hydrogen (secondary N) is 1. The number of benzene rings is 1. The van der Waals surface area contributed by atoms with E-state index in [4.69, 9.17) is 0 Å². The van der Waals surface area contributed by atoms with Crippen LogP contribution in [0.4, 0.5) is 5.69 Å². The van der Waals surface area contributed by atoms with Gasteiger partial charge in [-0.05, 0) is 55.0 Å². The van der Waals surface area contributed by atoms with Crippen molar-refractivity contribution >= 4 is 11.6 Å². The quantitative estimate of drug-likeness (QED) is 0.488. The number of likely N-dealkylation sites (tertiary alicyclic amines) is 1. The normalized spacial score (nSPS) is 23.6. The highest BCUT2D eigenvalue weighted by molar-refractivity contribution is 5.93. The minimum Gasteiger partial charge on any atom is -0.506 e. The fourth-order valence-electron chi connectivity index (χ4n) is 3.98. The molecule has 1 aliphatic heterocycles. The van der Waals surface area contributed by atoms with Gasteiger partial charge < -0.3 is 15.3 Å². The summed E-state index contributed by atoms with van der Waals surface area (Å²) in [4.78, 5) is 14.5. The van der Waals surface area contributed by atoms with Crippen LogP contribution in [0.25, 0.3) is 0 Å². The summed E-state index contributed by atoms with van der Waals surface area (Å²) in [6.07, 6.45) is 6.34. The Bertz CT molecular complexity index is 629. The number of amides is 1. The van der Waals surface area contributed by atoms with Crippen LogP contribution in [-0.2, 0) is 10.2 Å². The number of nitrogens with zero attached hydrogens (tertiary/aromatic N) is 1. The number of carbonyl (C=O) groups is 1. The first-order chi connectivity index (χ1) is 12.8. The molecule has 152 valence electrons. The van der Waals surface area contributed by atoms with Crippen LogP contribution in [-0.4, -0.2) is 35.5 Å². The van der Waals surface area contributed by atoms with Gasteiger partial charge in [-0.15, -0.1) is 0 Å². The number of hydrogen-bond donors (Lipinski definition) is 2. The zero-order valence-corrected chi connectivity index (χ0v) is 17.8. The molecule has 4 nitrogen and oxygen atoms in total. The summed E-state index contributed by atoms with van der Waals surface area (Å²) in [7, 11) is 0. The van der Waals surface area contributed by atoms with Crippen molar-refractivity contribution in [2.45, 2.75) is 72.1 Å². The van der Waals surface area contributed by atoms with Crippen LogP contribution >= 0.6 is 0 Å². The standard InChI is InChI=1S/C23H38N2O2/c1-6-7-8-9-13-25-14-12-23(5,18(4)16-25)19-10-11-20(21(26)15-19)24-22(27)17(2)3/h10-11,15,17-18,26H,6-9,12-14,16H2,1-5H3,(H,24,27)/t18-,23-/m0/s1. The largest absolute Gasteiger partial charge is 0.506 e. The van der Waals surface area contributed by atoms with E-state index in [1.54, 1.807) is 0 Å². The van der Waals surface area contributed by atoms with Crippen molar-refractivity contribution in [3.63, 3.8) is 0 Å². The highest BCUT2D eigenvalue weighted by Crippen LogP contribution is 2.41. The maximum atomic E-state index is 11.9. The van der Waals surface area contributed by atoms with E-state index < -0.39 is 0 Å². The van der Waals surface area contributed by atoms with Crippen LogP contribution in [0.1, 0.15) is 72.3 Å². The Morgan fingerprint density at radius 3 is 2.67 bits per heavy atom. The highest BCUT2D eigenvalue weighted by atomic mass is 16.3. The topological polar surface area (TPSA) is 52.6 Å². The zero-order chi connectivity index (χ0) is 20.0. The molecule has 1 aromatic rings. The van der Waals surface area contributed by atoms with Crippen LogP contribution < -0.4 is 5.32 Å². The van der Waals surface area contributed by atoms with E-state index in [9.17, 15) is 9.90 Å². The number of carbonyl (C=O) groups excluding carboxylic acids is 1. The smallest absolute Gasteiger partial charge is 0.227 e. The third-order valence-electron chi connectivity index (χ3n) is 6.33. The molecule has 2 rings (SSSR count). The van der Waals surface area contributed by atoms with Gasteiger partial charge in [0.15, 0.2) is 0 Å². The maximum absolute atomic E-state index is 11.9. The number of anilines is 1. The summed E-state index contributed by atoms with van der Waals surface area (Å²) in [5.74, 6) is 0.502. The lowest BCUT2D eigenvalue weighted by Gasteiger charge is -2.45. The lowest BCUT2D eigenvalue weighted by atomic mass is 9.68. The van der Waals surface area contributed by atoms with Crippen LogP contribution in [0.5, 0.6) is 5.75 Å². The van der Waals surface area contributed by atoms with Crippen molar-refractivity contribution in [1.82, 2.24) is 4.90 Å². The van der Waals surface area contributed by atoms with Crippen molar-refractivity contribution in [1.29, 1.82) is 0 Å². The van der Waals surface area contributed by atoms with Crippen molar-refractivity contribution in [3.8, 4) is 5.75 Å². The van der Waals surface area contributed by atoms with Crippen molar-refractivity contribution in [2.75, 3.05) is 25.0 Å². The number of piperidine rings is 1. The van der Waals surface area contributed by atoms with Crippen LogP contribution in [0.2, 0.25) is 0 Å². The lowest BCUT2D eigenvalue weighted by molar-refractivity contribution is -0.118. The van der Waals surface area contributed by atoms with Gasteiger partial charge in [0.2, 0.25) is 5.91 Å². The lowest BCUT2D eigenvalue weighted by Crippen LogP contribution is -2.47. The second-order valence-corrected chi connectivity index (χ2v) is 8.81. The Kier molecular flexibility index (Phi) is 7.72. The van der Waals surface area contributed by atoms with Crippen LogP contribution in [0.3, 0.4) is 0 Å². The monoisotopic (exact) mass is 374 g/mol. The molecule has 0 bridgehead atoms. The number of aromatic hydroxyl groups is 1. The molecular formula is C23H38N2O2. The minimum absolute atomic E-state index is 0.0536. The average Bonchev–Trinajstić information content (AvgIpc) is 2.63. The first-order valence-electron chi connectivity index (χ1n) is 10.6. The second-order valence-electron chi connectivity index (χ2n) is 8.81. The minimum atomic E-state index is -0.108. The van der Waals surface area contributed by atoms with Gasteiger partial charge in [0, 0.05) is 12.5 Å². The molecule has 1 amide bonds. The fraction of sp³-hybridized carbons (Fsp3) is 0.696. The van der Waals surface area contributed by atoms with Crippen molar-refractivity contribution in [2.24, 2.45) is 11.8 Å². The summed E-state index contributed by atoms with van der Waals surface area (Å²) in [5.41, 5.74) is 1.72. The SMILES string of the molecule is CCCCCCN1CC[C@](C)(c2ccc(NC(=O)C(C)C)c(O)c2)[C@@H](C)C1. The molecule has 27 heavy (non-hydrogen) atoms. The molecular weight excluding hydrogens is 336 g/mol. The molecule has 1 aromatic carbocycles. The number of rotatable bonds is 8.